The molecule has 2 aromatic rings. The van der Waals surface area contributed by atoms with Gasteiger partial charge in [0.15, 0.2) is 5.78 Å². The molecule has 0 N–H and O–H groups in total. The third kappa shape index (κ3) is 7.69. The van der Waals surface area contributed by atoms with Crippen molar-refractivity contribution >= 4 is 28.6 Å². The van der Waals surface area contributed by atoms with Crippen LogP contribution in [0.1, 0.15) is 56.4 Å². The number of hydrogen-bond acceptors (Lipinski definition) is 7. The smallest absolute Gasteiger partial charge is 0.305 e. The molecule has 0 bridgehead atoms. The molecule has 0 spiro atoms. The van der Waals surface area contributed by atoms with Crippen molar-refractivity contribution in [1.29, 1.82) is 0 Å². The SMILES string of the molecule is CCCCCC(=O)OCC1C(=O)SC(Cc2ccc(OCCc3ccc(CC)cn3)cc2)C1=O. The van der Waals surface area contributed by atoms with Crippen LogP contribution in [-0.2, 0) is 38.4 Å². The highest BCUT2D eigenvalue weighted by Crippen LogP contribution is 2.33. The summed E-state index contributed by atoms with van der Waals surface area (Å²) < 4.78 is 11.0. The molecular formula is C27H33NO5S. The van der Waals surface area contributed by atoms with Gasteiger partial charge in [-0.15, -0.1) is 0 Å². The van der Waals surface area contributed by atoms with Crippen LogP contribution in [0.5, 0.6) is 5.75 Å². The van der Waals surface area contributed by atoms with Gasteiger partial charge in [-0.1, -0.05) is 56.7 Å². The third-order valence-electron chi connectivity index (χ3n) is 5.86. The number of aryl methyl sites for hydroxylation is 1. The van der Waals surface area contributed by atoms with Gasteiger partial charge in [0, 0.05) is 24.7 Å². The first kappa shape index (κ1) is 25.9. The molecule has 0 amide bonds. The minimum Gasteiger partial charge on any atom is -0.493 e. The molecule has 1 fully saturated rings. The second-order valence-electron chi connectivity index (χ2n) is 8.48. The second-order valence-corrected chi connectivity index (χ2v) is 9.69. The van der Waals surface area contributed by atoms with Crippen LogP contribution in [0, 0.1) is 5.92 Å². The zero-order valence-corrected chi connectivity index (χ0v) is 20.8. The number of Topliss-reactive ketones (excluding diaryl/α,β-unsaturated/α-hetero) is 1. The van der Waals surface area contributed by atoms with E-state index in [9.17, 15) is 14.4 Å². The van der Waals surface area contributed by atoms with Crippen molar-refractivity contribution in [2.75, 3.05) is 13.2 Å². The van der Waals surface area contributed by atoms with Crippen molar-refractivity contribution in [3.05, 3.63) is 59.4 Å². The number of aromatic nitrogens is 1. The summed E-state index contributed by atoms with van der Waals surface area (Å²) in [5, 5.41) is -0.655. The highest BCUT2D eigenvalue weighted by molar-refractivity contribution is 8.15. The molecule has 0 radical (unpaired) electrons. The lowest BCUT2D eigenvalue weighted by molar-refractivity contribution is -0.146. The lowest BCUT2D eigenvalue weighted by Gasteiger charge is -2.11. The molecule has 3 rings (SSSR count). The molecule has 1 aliphatic rings. The van der Waals surface area contributed by atoms with E-state index >= 15 is 0 Å². The predicted molar refractivity (Wildman–Crippen MR) is 133 cm³/mol. The van der Waals surface area contributed by atoms with E-state index in [0.717, 1.165) is 60.9 Å². The van der Waals surface area contributed by atoms with Gasteiger partial charge in [-0.25, -0.2) is 0 Å². The topological polar surface area (TPSA) is 82.6 Å². The Labute approximate surface area is 205 Å². The van der Waals surface area contributed by atoms with Crippen molar-refractivity contribution in [2.24, 2.45) is 5.92 Å². The van der Waals surface area contributed by atoms with E-state index in [-0.39, 0.29) is 23.5 Å². The maximum Gasteiger partial charge on any atom is 0.305 e. The quantitative estimate of drug-likeness (QED) is 0.231. The summed E-state index contributed by atoms with van der Waals surface area (Å²) in [7, 11) is 0. The molecule has 182 valence electrons. The van der Waals surface area contributed by atoms with E-state index in [1.165, 1.54) is 5.56 Å². The maximum absolute atomic E-state index is 12.7. The highest BCUT2D eigenvalue weighted by Gasteiger charge is 2.42. The Balaban J connectivity index is 1.43. The molecule has 7 heteroatoms. The van der Waals surface area contributed by atoms with Crippen molar-refractivity contribution in [2.45, 2.75) is 64.0 Å². The molecule has 0 aliphatic carbocycles. The highest BCUT2D eigenvalue weighted by atomic mass is 32.2. The molecule has 1 aromatic carbocycles. The van der Waals surface area contributed by atoms with Crippen LogP contribution in [0.3, 0.4) is 0 Å². The van der Waals surface area contributed by atoms with Crippen LogP contribution in [-0.4, -0.2) is 40.3 Å². The zero-order chi connectivity index (χ0) is 24.3. The monoisotopic (exact) mass is 483 g/mol. The molecule has 2 unspecified atom stereocenters. The number of ether oxygens (including phenoxy) is 2. The summed E-state index contributed by atoms with van der Waals surface area (Å²) in [4.78, 5) is 41.3. The molecule has 0 saturated carbocycles. The van der Waals surface area contributed by atoms with E-state index in [4.69, 9.17) is 9.47 Å². The van der Waals surface area contributed by atoms with Gasteiger partial charge in [0.05, 0.1) is 11.9 Å². The fourth-order valence-corrected chi connectivity index (χ4v) is 4.89. The van der Waals surface area contributed by atoms with Crippen LogP contribution < -0.4 is 4.74 Å². The van der Waals surface area contributed by atoms with Gasteiger partial charge in [0.2, 0.25) is 5.12 Å². The summed E-state index contributed by atoms with van der Waals surface area (Å²) in [6, 6.07) is 11.7. The predicted octanol–water partition coefficient (Wildman–Crippen LogP) is 4.76. The number of esters is 1. The van der Waals surface area contributed by atoms with E-state index in [0.29, 0.717) is 19.4 Å². The Kier molecular flexibility index (Phi) is 10.1. The van der Waals surface area contributed by atoms with Gasteiger partial charge >= 0.3 is 5.97 Å². The summed E-state index contributed by atoms with van der Waals surface area (Å²) in [5.41, 5.74) is 3.17. The Morgan fingerprint density at radius 3 is 2.47 bits per heavy atom. The number of benzene rings is 1. The number of nitrogens with zero attached hydrogens (tertiary/aromatic N) is 1. The normalized spacial score (nSPS) is 17.7. The second kappa shape index (κ2) is 13.3. The first-order valence-electron chi connectivity index (χ1n) is 12.1. The van der Waals surface area contributed by atoms with Gasteiger partial charge in [-0.3, -0.25) is 19.4 Å². The van der Waals surface area contributed by atoms with Gasteiger partial charge in [0.1, 0.15) is 18.3 Å². The average molecular weight is 484 g/mol. The number of carbonyl (C=O) groups excluding carboxylic acids is 3. The number of rotatable bonds is 13. The van der Waals surface area contributed by atoms with E-state index in [1.807, 2.05) is 36.5 Å². The summed E-state index contributed by atoms with van der Waals surface area (Å²) in [6.45, 7) is 4.55. The van der Waals surface area contributed by atoms with Gasteiger partial charge < -0.3 is 9.47 Å². The number of pyridine rings is 1. The van der Waals surface area contributed by atoms with Crippen LogP contribution >= 0.6 is 11.8 Å². The lowest BCUT2D eigenvalue weighted by Crippen LogP contribution is -2.26. The molecule has 1 aromatic heterocycles. The van der Waals surface area contributed by atoms with Crippen molar-refractivity contribution < 1.29 is 23.9 Å². The minimum absolute atomic E-state index is 0.144. The fourth-order valence-electron chi connectivity index (χ4n) is 3.70. The number of thioether (sulfide) groups is 1. The van der Waals surface area contributed by atoms with E-state index in [1.54, 1.807) is 0 Å². The number of hydrogen-bond donors (Lipinski definition) is 0. The molecule has 2 atom stereocenters. The molecule has 1 saturated heterocycles. The van der Waals surface area contributed by atoms with Crippen molar-refractivity contribution in [1.82, 2.24) is 4.98 Å². The molecular weight excluding hydrogens is 450 g/mol. The lowest BCUT2D eigenvalue weighted by atomic mass is 9.99. The van der Waals surface area contributed by atoms with Crippen LogP contribution in [0.2, 0.25) is 0 Å². The zero-order valence-electron chi connectivity index (χ0n) is 20.0. The van der Waals surface area contributed by atoms with Crippen molar-refractivity contribution in [3.63, 3.8) is 0 Å². The Bertz CT molecular complexity index is 958. The number of ketones is 1. The molecule has 6 nitrogen and oxygen atoms in total. The molecule has 34 heavy (non-hydrogen) atoms. The summed E-state index contributed by atoms with van der Waals surface area (Å²) in [5.74, 6) is -0.596. The minimum atomic E-state index is -0.854. The summed E-state index contributed by atoms with van der Waals surface area (Å²) in [6.07, 6.45) is 7.14. The van der Waals surface area contributed by atoms with Crippen molar-refractivity contribution in [3.8, 4) is 5.75 Å². The van der Waals surface area contributed by atoms with Crippen LogP contribution in [0.25, 0.3) is 0 Å². The molecule has 2 heterocycles. The van der Waals surface area contributed by atoms with Gasteiger partial charge in [-0.2, -0.15) is 0 Å². The Hall–Kier alpha value is -2.67. The van der Waals surface area contributed by atoms with Gasteiger partial charge in [-0.05, 0) is 48.6 Å². The number of unbranched alkanes of at least 4 members (excludes halogenated alkanes) is 2. The fraction of sp³-hybridized carbons (Fsp3) is 0.481. The Morgan fingerprint density at radius 1 is 1.03 bits per heavy atom. The first-order valence-corrected chi connectivity index (χ1v) is 12.9. The Morgan fingerprint density at radius 2 is 1.79 bits per heavy atom. The third-order valence-corrected chi connectivity index (χ3v) is 7.07. The van der Waals surface area contributed by atoms with Crippen LogP contribution in [0.4, 0.5) is 0 Å². The van der Waals surface area contributed by atoms with Gasteiger partial charge in [0.25, 0.3) is 0 Å². The first-order chi connectivity index (χ1) is 16.5. The number of carbonyl (C=O) groups is 3. The van der Waals surface area contributed by atoms with E-state index < -0.39 is 11.2 Å². The largest absolute Gasteiger partial charge is 0.493 e. The molecule has 1 aliphatic heterocycles. The summed E-state index contributed by atoms with van der Waals surface area (Å²) >= 11 is 1.05. The average Bonchev–Trinajstić information content (AvgIpc) is 3.11. The standard InChI is InChI=1S/C27H33NO5S/c1-3-5-6-7-25(29)33-18-23-26(30)24(34-27(23)31)16-20-9-12-22(13-10-20)32-15-14-21-11-8-19(4-2)17-28-21/h8-13,17,23-24H,3-7,14-16,18H2,1-2H3. The van der Waals surface area contributed by atoms with Crippen LogP contribution in [0.15, 0.2) is 42.6 Å². The maximum atomic E-state index is 12.7. The van der Waals surface area contributed by atoms with E-state index in [2.05, 4.69) is 24.9 Å².